The van der Waals surface area contributed by atoms with Gasteiger partial charge in [-0.05, 0) is 6.07 Å². The predicted octanol–water partition coefficient (Wildman–Crippen LogP) is 3.28. The standard InChI is InChI=1S/C20H25F6N3O4/c1-31-16-12-15(28-8-10-32-11-9-28)3-2-14(16)13-27-4-6-29(7-5-27)18(30)33-17(19(21,22)23)20(24,25)26/h2-3,12,17H,4-11,13H2,1H3. The van der Waals surface area contributed by atoms with E-state index in [-0.39, 0.29) is 26.2 Å². The highest BCUT2D eigenvalue weighted by molar-refractivity contribution is 5.68. The Hall–Kier alpha value is -2.41. The van der Waals surface area contributed by atoms with Gasteiger partial charge < -0.3 is 24.0 Å². The van der Waals surface area contributed by atoms with Crippen molar-refractivity contribution in [3.05, 3.63) is 23.8 Å². The molecule has 0 saturated carbocycles. The van der Waals surface area contributed by atoms with Gasteiger partial charge in [0.1, 0.15) is 5.75 Å². The van der Waals surface area contributed by atoms with E-state index >= 15 is 0 Å². The van der Waals surface area contributed by atoms with Crippen LogP contribution in [-0.2, 0) is 16.0 Å². The van der Waals surface area contributed by atoms with E-state index in [0.29, 0.717) is 25.5 Å². The highest BCUT2D eigenvalue weighted by atomic mass is 19.4. The molecule has 7 nitrogen and oxygen atoms in total. The predicted molar refractivity (Wildman–Crippen MR) is 105 cm³/mol. The Morgan fingerprint density at radius 1 is 1.00 bits per heavy atom. The molecule has 3 rings (SSSR count). The summed E-state index contributed by atoms with van der Waals surface area (Å²) < 4.78 is 90.4. The Morgan fingerprint density at radius 2 is 1.61 bits per heavy atom. The number of nitrogens with zero attached hydrogens (tertiary/aromatic N) is 3. The topological polar surface area (TPSA) is 54.5 Å². The first-order valence-electron chi connectivity index (χ1n) is 10.3. The molecule has 1 aromatic rings. The molecule has 0 atom stereocenters. The number of benzene rings is 1. The van der Waals surface area contributed by atoms with Gasteiger partial charge in [-0.3, -0.25) is 4.90 Å². The van der Waals surface area contributed by atoms with Gasteiger partial charge in [0.2, 0.25) is 0 Å². The number of rotatable bonds is 5. The summed E-state index contributed by atoms with van der Waals surface area (Å²) in [6.07, 6.45) is -17.3. The number of methoxy groups -OCH3 is 1. The van der Waals surface area contributed by atoms with E-state index in [0.717, 1.165) is 29.2 Å². The third-order valence-corrected chi connectivity index (χ3v) is 5.48. The second kappa shape index (κ2) is 10.2. The van der Waals surface area contributed by atoms with Crippen molar-refractivity contribution in [2.24, 2.45) is 0 Å². The van der Waals surface area contributed by atoms with Crippen LogP contribution in [0.3, 0.4) is 0 Å². The molecule has 0 aliphatic carbocycles. The fourth-order valence-corrected chi connectivity index (χ4v) is 3.71. The molecule has 2 aliphatic rings. The monoisotopic (exact) mass is 485 g/mol. The Kier molecular flexibility index (Phi) is 7.83. The summed E-state index contributed by atoms with van der Waals surface area (Å²) in [7, 11) is 1.55. The van der Waals surface area contributed by atoms with Crippen molar-refractivity contribution in [2.75, 3.05) is 64.5 Å². The first-order valence-corrected chi connectivity index (χ1v) is 10.3. The second-order valence-electron chi connectivity index (χ2n) is 7.71. The Labute approximate surface area is 186 Å². The Balaban J connectivity index is 1.56. The summed E-state index contributed by atoms with van der Waals surface area (Å²) in [5.74, 6) is 0.666. The molecule has 13 heteroatoms. The third-order valence-electron chi connectivity index (χ3n) is 5.48. The molecule has 33 heavy (non-hydrogen) atoms. The zero-order valence-electron chi connectivity index (χ0n) is 17.9. The molecule has 2 fully saturated rings. The first kappa shape index (κ1) is 25.2. The van der Waals surface area contributed by atoms with Crippen LogP contribution in [0.4, 0.5) is 36.8 Å². The van der Waals surface area contributed by atoms with Crippen molar-refractivity contribution in [1.82, 2.24) is 9.80 Å². The van der Waals surface area contributed by atoms with E-state index < -0.39 is 24.5 Å². The van der Waals surface area contributed by atoms with Crippen LogP contribution in [0.5, 0.6) is 5.75 Å². The van der Waals surface area contributed by atoms with Crippen LogP contribution in [0.15, 0.2) is 18.2 Å². The van der Waals surface area contributed by atoms with Crippen molar-refractivity contribution >= 4 is 11.8 Å². The number of amides is 1. The van der Waals surface area contributed by atoms with Crippen LogP contribution in [0.2, 0.25) is 0 Å². The highest BCUT2D eigenvalue weighted by Crippen LogP contribution is 2.36. The van der Waals surface area contributed by atoms with Crippen molar-refractivity contribution in [2.45, 2.75) is 25.0 Å². The normalized spacial score (nSPS) is 18.5. The van der Waals surface area contributed by atoms with E-state index in [2.05, 4.69) is 9.64 Å². The van der Waals surface area contributed by atoms with Crippen LogP contribution in [0.25, 0.3) is 0 Å². The van der Waals surface area contributed by atoms with Crippen molar-refractivity contribution in [1.29, 1.82) is 0 Å². The molecule has 0 radical (unpaired) electrons. The maximum Gasteiger partial charge on any atom is 0.434 e. The quantitative estimate of drug-likeness (QED) is 0.597. The summed E-state index contributed by atoms with van der Waals surface area (Å²) in [6, 6.07) is 5.80. The number of alkyl halides is 6. The average molecular weight is 485 g/mol. The lowest BCUT2D eigenvalue weighted by Gasteiger charge is -2.35. The molecule has 0 unspecified atom stereocenters. The van der Waals surface area contributed by atoms with Gasteiger partial charge in [0.15, 0.2) is 0 Å². The molecule has 0 N–H and O–H groups in total. The summed E-state index contributed by atoms with van der Waals surface area (Å²) >= 11 is 0. The molecule has 1 aromatic carbocycles. The lowest BCUT2D eigenvalue weighted by Crippen LogP contribution is -2.52. The van der Waals surface area contributed by atoms with Gasteiger partial charge in [-0.15, -0.1) is 0 Å². The van der Waals surface area contributed by atoms with Crippen molar-refractivity contribution in [3.63, 3.8) is 0 Å². The fraction of sp³-hybridized carbons (Fsp3) is 0.650. The minimum Gasteiger partial charge on any atom is -0.496 e. The molecule has 0 spiro atoms. The van der Waals surface area contributed by atoms with Gasteiger partial charge in [-0.25, -0.2) is 4.79 Å². The number of anilines is 1. The van der Waals surface area contributed by atoms with Gasteiger partial charge in [-0.2, -0.15) is 26.3 Å². The number of ether oxygens (including phenoxy) is 3. The average Bonchev–Trinajstić information content (AvgIpc) is 2.77. The van der Waals surface area contributed by atoms with E-state index in [9.17, 15) is 31.1 Å². The number of carbonyl (C=O) groups is 1. The number of carbonyl (C=O) groups excluding carboxylic acids is 1. The van der Waals surface area contributed by atoms with Gasteiger partial charge in [0, 0.05) is 63.1 Å². The van der Waals surface area contributed by atoms with E-state index in [4.69, 9.17) is 9.47 Å². The van der Waals surface area contributed by atoms with Crippen LogP contribution in [-0.4, -0.2) is 93.9 Å². The van der Waals surface area contributed by atoms with E-state index in [1.54, 1.807) is 7.11 Å². The van der Waals surface area contributed by atoms with Gasteiger partial charge in [0.05, 0.1) is 20.3 Å². The van der Waals surface area contributed by atoms with Gasteiger partial charge in [-0.1, -0.05) is 6.07 Å². The zero-order valence-corrected chi connectivity index (χ0v) is 17.9. The SMILES string of the molecule is COc1cc(N2CCOCC2)ccc1CN1CCN(C(=O)OC(C(F)(F)F)C(F)(F)F)CC1. The maximum absolute atomic E-state index is 12.6. The lowest BCUT2D eigenvalue weighted by atomic mass is 10.1. The molecular formula is C20H25F6N3O4. The fourth-order valence-electron chi connectivity index (χ4n) is 3.71. The lowest BCUT2D eigenvalue weighted by molar-refractivity contribution is -0.308. The molecule has 2 aliphatic heterocycles. The largest absolute Gasteiger partial charge is 0.496 e. The van der Waals surface area contributed by atoms with Crippen LogP contribution < -0.4 is 9.64 Å². The number of halogens is 6. The number of morpholine rings is 1. The summed E-state index contributed by atoms with van der Waals surface area (Å²) in [5, 5.41) is 0. The number of hydrogen-bond donors (Lipinski definition) is 0. The smallest absolute Gasteiger partial charge is 0.434 e. The van der Waals surface area contributed by atoms with Crippen LogP contribution in [0, 0.1) is 0 Å². The number of hydrogen-bond acceptors (Lipinski definition) is 6. The maximum atomic E-state index is 12.6. The van der Waals surface area contributed by atoms with E-state index in [1.165, 1.54) is 0 Å². The summed E-state index contributed by atoms with van der Waals surface area (Å²) in [6.45, 7) is 3.66. The molecule has 186 valence electrons. The first-order chi connectivity index (χ1) is 15.5. The summed E-state index contributed by atoms with van der Waals surface area (Å²) in [5.41, 5.74) is 1.87. The zero-order chi connectivity index (χ0) is 24.2. The van der Waals surface area contributed by atoms with Crippen molar-refractivity contribution < 1.29 is 45.3 Å². The molecular weight excluding hydrogens is 460 g/mol. The molecule has 0 bridgehead atoms. The molecule has 2 heterocycles. The molecule has 2 saturated heterocycles. The third kappa shape index (κ3) is 6.56. The minimum atomic E-state index is -5.74. The van der Waals surface area contributed by atoms with Crippen LogP contribution >= 0.6 is 0 Å². The Bertz CT molecular complexity index is 792. The van der Waals surface area contributed by atoms with E-state index in [1.807, 2.05) is 23.1 Å². The van der Waals surface area contributed by atoms with Gasteiger partial charge in [0.25, 0.3) is 6.10 Å². The minimum absolute atomic E-state index is 0.0601. The van der Waals surface area contributed by atoms with Gasteiger partial charge >= 0.3 is 18.4 Å². The van der Waals surface area contributed by atoms with Crippen LogP contribution in [0.1, 0.15) is 5.56 Å². The Morgan fingerprint density at radius 3 is 2.15 bits per heavy atom. The second-order valence-corrected chi connectivity index (χ2v) is 7.71. The summed E-state index contributed by atoms with van der Waals surface area (Å²) in [4.78, 5) is 16.9. The number of piperazine rings is 1. The molecule has 0 aromatic heterocycles. The van der Waals surface area contributed by atoms with Crippen molar-refractivity contribution in [3.8, 4) is 5.75 Å². The highest BCUT2D eigenvalue weighted by Gasteiger charge is 2.60. The molecule has 1 amide bonds.